The van der Waals surface area contributed by atoms with Gasteiger partial charge in [0.05, 0.1) is 11.5 Å². The van der Waals surface area contributed by atoms with Crippen LogP contribution in [0.2, 0.25) is 0 Å². The molecule has 0 aromatic heterocycles. The highest BCUT2D eigenvalue weighted by Gasteiger charge is 2.57. The Kier molecular flexibility index (Phi) is 6.63. The van der Waals surface area contributed by atoms with Crippen molar-refractivity contribution in [1.29, 1.82) is 0 Å². The topological polar surface area (TPSA) is 102 Å². The van der Waals surface area contributed by atoms with Gasteiger partial charge in [-0.2, -0.15) is 0 Å². The molecule has 2 unspecified atom stereocenters. The summed E-state index contributed by atoms with van der Waals surface area (Å²) in [6.45, 7) is 11.0. The molecule has 1 aliphatic heterocycles. The first kappa shape index (κ1) is 24.0. The zero-order chi connectivity index (χ0) is 24.4. The van der Waals surface area contributed by atoms with Crippen LogP contribution in [0.15, 0.2) is 61.2 Å². The number of primary amides is 1. The third-order valence-corrected chi connectivity index (χ3v) is 6.43. The molecule has 0 saturated heterocycles. The van der Waals surface area contributed by atoms with E-state index in [9.17, 15) is 14.4 Å². The zero-order valence-electron chi connectivity index (χ0n) is 19.6. The zero-order valence-corrected chi connectivity index (χ0v) is 19.6. The van der Waals surface area contributed by atoms with Crippen LogP contribution in [0.5, 0.6) is 5.75 Å². The first-order valence-electron chi connectivity index (χ1n) is 10.9. The maximum Gasteiger partial charge on any atom is 0.258 e. The SMILES string of the molecule is C=CCNC(=O)COc1ccc(C2(C)c3ccccc3N(C(C)=O)C(C)(C)C2C(N)=O)cc1. The number of ether oxygens (including phenoxy) is 1. The smallest absolute Gasteiger partial charge is 0.258 e. The van der Waals surface area contributed by atoms with Crippen molar-refractivity contribution in [2.45, 2.75) is 38.6 Å². The average Bonchev–Trinajstić information content (AvgIpc) is 2.75. The lowest BCUT2D eigenvalue weighted by Gasteiger charge is -2.55. The number of para-hydroxylation sites is 1. The van der Waals surface area contributed by atoms with Crippen LogP contribution in [0, 0.1) is 5.92 Å². The van der Waals surface area contributed by atoms with Crippen LogP contribution in [0.1, 0.15) is 38.8 Å². The van der Waals surface area contributed by atoms with Crippen LogP contribution in [0.4, 0.5) is 5.69 Å². The number of nitrogens with two attached hydrogens (primary N) is 1. The van der Waals surface area contributed by atoms with Gasteiger partial charge in [0.1, 0.15) is 5.75 Å². The van der Waals surface area contributed by atoms with E-state index in [-0.39, 0.29) is 18.4 Å². The van der Waals surface area contributed by atoms with Gasteiger partial charge in [0, 0.05) is 24.6 Å². The molecule has 7 heteroatoms. The van der Waals surface area contributed by atoms with E-state index in [4.69, 9.17) is 10.5 Å². The minimum Gasteiger partial charge on any atom is -0.484 e. The Balaban J connectivity index is 2.05. The van der Waals surface area contributed by atoms with Gasteiger partial charge in [-0.05, 0) is 43.2 Å². The van der Waals surface area contributed by atoms with Crippen LogP contribution < -0.4 is 20.7 Å². The van der Waals surface area contributed by atoms with Crippen molar-refractivity contribution in [3.05, 3.63) is 72.3 Å². The summed E-state index contributed by atoms with van der Waals surface area (Å²) < 4.78 is 5.58. The summed E-state index contributed by atoms with van der Waals surface area (Å²) in [7, 11) is 0. The highest BCUT2D eigenvalue weighted by molar-refractivity contribution is 5.98. The van der Waals surface area contributed by atoms with Crippen molar-refractivity contribution in [3.8, 4) is 5.75 Å². The molecule has 1 aliphatic rings. The highest BCUT2D eigenvalue weighted by atomic mass is 16.5. The summed E-state index contributed by atoms with van der Waals surface area (Å²) in [4.78, 5) is 39.0. The Morgan fingerprint density at radius 3 is 2.33 bits per heavy atom. The van der Waals surface area contributed by atoms with Gasteiger partial charge in [0.25, 0.3) is 5.91 Å². The summed E-state index contributed by atoms with van der Waals surface area (Å²) >= 11 is 0. The van der Waals surface area contributed by atoms with Crippen LogP contribution in [-0.2, 0) is 19.8 Å². The Labute approximate surface area is 194 Å². The number of carbonyl (C=O) groups is 3. The van der Waals surface area contributed by atoms with Gasteiger partial charge in [-0.15, -0.1) is 6.58 Å². The molecule has 2 atom stereocenters. The molecule has 174 valence electrons. The Morgan fingerprint density at radius 2 is 1.76 bits per heavy atom. The number of nitrogens with zero attached hydrogens (tertiary/aromatic N) is 1. The molecule has 2 aromatic rings. The number of fused-ring (bicyclic) bond motifs is 1. The Morgan fingerprint density at radius 1 is 1.12 bits per heavy atom. The minimum absolute atomic E-state index is 0.113. The predicted molar refractivity (Wildman–Crippen MR) is 128 cm³/mol. The van der Waals surface area contributed by atoms with Crippen molar-refractivity contribution < 1.29 is 19.1 Å². The van der Waals surface area contributed by atoms with E-state index in [1.165, 1.54) is 6.92 Å². The van der Waals surface area contributed by atoms with Crippen molar-refractivity contribution in [2.24, 2.45) is 11.7 Å². The van der Waals surface area contributed by atoms with E-state index in [0.717, 1.165) is 16.8 Å². The number of amides is 3. The monoisotopic (exact) mass is 449 g/mol. The molecular weight excluding hydrogens is 418 g/mol. The van der Waals surface area contributed by atoms with E-state index in [0.29, 0.717) is 12.3 Å². The normalized spacial score (nSPS) is 21.0. The van der Waals surface area contributed by atoms with Gasteiger partial charge < -0.3 is 20.7 Å². The molecule has 1 heterocycles. The number of hydrogen-bond acceptors (Lipinski definition) is 4. The molecule has 2 aromatic carbocycles. The summed E-state index contributed by atoms with van der Waals surface area (Å²) in [5.41, 5.74) is 6.78. The van der Waals surface area contributed by atoms with E-state index in [1.54, 1.807) is 23.1 Å². The maximum absolute atomic E-state index is 12.9. The van der Waals surface area contributed by atoms with Crippen LogP contribution >= 0.6 is 0 Å². The van der Waals surface area contributed by atoms with E-state index < -0.39 is 22.8 Å². The quantitative estimate of drug-likeness (QED) is 0.635. The molecule has 0 spiro atoms. The number of rotatable bonds is 7. The third kappa shape index (κ3) is 4.23. The van der Waals surface area contributed by atoms with Crippen molar-refractivity contribution in [2.75, 3.05) is 18.1 Å². The fourth-order valence-electron chi connectivity index (χ4n) is 5.22. The van der Waals surface area contributed by atoms with E-state index in [2.05, 4.69) is 11.9 Å². The van der Waals surface area contributed by atoms with Crippen LogP contribution in [0.25, 0.3) is 0 Å². The second-order valence-electron chi connectivity index (χ2n) is 8.97. The molecule has 33 heavy (non-hydrogen) atoms. The molecule has 7 nitrogen and oxygen atoms in total. The lowest BCUT2D eigenvalue weighted by Crippen LogP contribution is -2.65. The molecule has 0 bridgehead atoms. The Bertz CT molecular complexity index is 1080. The standard InChI is InChI=1S/C26H31N3O4/c1-6-15-28-22(31)16-33-19-13-11-18(12-14-19)26(5)20-9-7-8-10-21(20)29(17(2)30)25(3,4)23(26)24(27)32/h6-14,23H,1,15-16H2,2-5H3,(H2,27,32)(H,28,31). The third-order valence-electron chi connectivity index (χ3n) is 6.43. The van der Waals surface area contributed by atoms with Crippen LogP contribution in [0.3, 0.4) is 0 Å². The summed E-state index contributed by atoms with van der Waals surface area (Å²) in [6.07, 6.45) is 1.60. The average molecular weight is 450 g/mol. The fraction of sp³-hybridized carbons (Fsp3) is 0.346. The fourth-order valence-corrected chi connectivity index (χ4v) is 5.22. The molecule has 0 aliphatic carbocycles. The van der Waals surface area contributed by atoms with Crippen LogP contribution in [-0.4, -0.2) is 36.4 Å². The second-order valence-corrected chi connectivity index (χ2v) is 8.97. The number of nitrogens with one attached hydrogen (secondary N) is 1. The van der Waals surface area contributed by atoms with Gasteiger partial charge in [-0.1, -0.05) is 43.3 Å². The molecule has 0 radical (unpaired) electrons. The lowest BCUT2D eigenvalue weighted by molar-refractivity contribution is -0.127. The number of hydrogen-bond donors (Lipinski definition) is 2. The van der Waals surface area contributed by atoms with Gasteiger partial charge >= 0.3 is 0 Å². The Hall–Kier alpha value is -3.61. The maximum atomic E-state index is 12.9. The summed E-state index contributed by atoms with van der Waals surface area (Å²) in [6, 6.07) is 14.9. The molecule has 0 fully saturated rings. The number of carbonyl (C=O) groups excluding carboxylic acids is 3. The van der Waals surface area contributed by atoms with Gasteiger partial charge in [0.2, 0.25) is 11.8 Å². The number of anilines is 1. The summed E-state index contributed by atoms with van der Waals surface area (Å²) in [5, 5.41) is 2.66. The number of benzene rings is 2. The van der Waals surface area contributed by atoms with Crippen molar-refractivity contribution >= 4 is 23.4 Å². The predicted octanol–water partition coefficient (Wildman–Crippen LogP) is 2.92. The molecule has 3 N–H and O–H groups in total. The largest absolute Gasteiger partial charge is 0.484 e. The van der Waals surface area contributed by atoms with Crippen molar-refractivity contribution in [1.82, 2.24) is 5.32 Å². The molecule has 3 rings (SSSR count). The second kappa shape index (κ2) is 9.10. The summed E-state index contributed by atoms with van der Waals surface area (Å²) in [5.74, 6) is -1.05. The minimum atomic E-state index is -0.862. The van der Waals surface area contributed by atoms with Gasteiger partial charge in [-0.3, -0.25) is 14.4 Å². The molecule has 0 saturated carbocycles. The first-order chi connectivity index (χ1) is 15.5. The lowest BCUT2D eigenvalue weighted by atomic mass is 9.57. The molecule has 3 amide bonds. The van der Waals surface area contributed by atoms with E-state index >= 15 is 0 Å². The van der Waals surface area contributed by atoms with Gasteiger partial charge in [-0.25, -0.2) is 0 Å². The van der Waals surface area contributed by atoms with Crippen molar-refractivity contribution in [3.63, 3.8) is 0 Å². The highest BCUT2D eigenvalue weighted by Crippen LogP contribution is 2.54. The molecular formula is C26H31N3O4. The van der Waals surface area contributed by atoms with Gasteiger partial charge in [0.15, 0.2) is 6.61 Å². The first-order valence-corrected chi connectivity index (χ1v) is 10.9. The van der Waals surface area contributed by atoms with E-state index in [1.807, 2.05) is 57.2 Å².